The number of aliphatic hydroxyl groups is 1. The molecule has 7 nitrogen and oxygen atoms in total. The Kier molecular flexibility index (Phi) is 3.36. The van der Waals surface area contributed by atoms with Gasteiger partial charge in [-0.3, -0.25) is 4.79 Å². The Morgan fingerprint density at radius 1 is 1.43 bits per heavy atom. The lowest BCUT2D eigenvalue weighted by atomic mass is 10.0. The highest BCUT2D eigenvalue weighted by Gasteiger charge is 2.42. The zero-order valence-corrected chi connectivity index (χ0v) is 12.3. The number of aliphatic hydroxyl groups excluding tert-OH is 1. The molecule has 0 radical (unpaired) electrons. The molecular weight excluding hydrogens is 270 g/mol. The average Bonchev–Trinajstić information content (AvgIpc) is 3.05. The zero-order chi connectivity index (χ0) is 15.0. The van der Waals surface area contributed by atoms with Gasteiger partial charge in [0.25, 0.3) is 11.7 Å². The molecular formula is C14H19N5O2. The van der Waals surface area contributed by atoms with Crippen molar-refractivity contribution in [3.05, 3.63) is 23.3 Å². The standard InChI is InChI=1S/C14H19N5O2/c1-9-7-10(2)19-13(16-9)17-11(18-19)12(21)15-8-14(3-4-14)5-6-20/h7,20H,3-6,8H2,1-2H3,(H,15,21). The van der Waals surface area contributed by atoms with Crippen molar-refractivity contribution in [3.63, 3.8) is 0 Å². The van der Waals surface area contributed by atoms with Gasteiger partial charge in [-0.05, 0) is 44.6 Å². The predicted molar refractivity (Wildman–Crippen MR) is 76.0 cm³/mol. The molecule has 1 fully saturated rings. The fourth-order valence-corrected chi connectivity index (χ4v) is 2.54. The first kappa shape index (κ1) is 13.9. The van der Waals surface area contributed by atoms with Crippen molar-refractivity contribution in [1.29, 1.82) is 0 Å². The molecule has 1 aliphatic carbocycles. The Labute approximate surface area is 122 Å². The molecule has 7 heteroatoms. The van der Waals surface area contributed by atoms with Crippen LogP contribution in [0, 0.1) is 19.3 Å². The molecule has 21 heavy (non-hydrogen) atoms. The highest BCUT2D eigenvalue weighted by molar-refractivity contribution is 5.90. The third-order valence-corrected chi connectivity index (χ3v) is 4.04. The molecule has 2 aromatic heterocycles. The minimum absolute atomic E-state index is 0.0777. The van der Waals surface area contributed by atoms with E-state index in [9.17, 15) is 4.79 Å². The van der Waals surface area contributed by atoms with Gasteiger partial charge in [-0.2, -0.15) is 4.98 Å². The smallest absolute Gasteiger partial charge is 0.291 e. The van der Waals surface area contributed by atoms with Crippen LogP contribution in [0.2, 0.25) is 0 Å². The van der Waals surface area contributed by atoms with Crippen molar-refractivity contribution in [2.75, 3.05) is 13.2 Å². The molecule has 0 unspecified atom stereocenters. The lowest BCUT2D eigenvalue weighted by Crippen LogP contribution is -2.31. The summed E-state index contributed by atoms with van der Waals surface area (Å²) in [5.74, 6) is 0.284. The number of hydrogen-bond donors (Lipinski definition) is 2. The van der Waals surface area contributed by atoms with Gasteiger partial charge in [0, 0.05) is 24.5 Å². The molecule has 0 saturated heterocycles. The summed E-state index contributed by atoms with van der Waals surface area (Å²) in [4.78, 5) is 20.6. The highest BCUT2D eigenvalue weighted by Crippen LogP contribution is 2.47. The van der Waals surface area contributed by atoms with Crippen LogP contribution in [0.25, 0.3) is 5.78 Å². The van der Waals surface area contributed by atoms with Crippen LogP contribution in [0.15, 0.2) is 6.07 Å². The van der Waals surface area contributed by atoms with Crippen LogP contribution in [0.5, 0.6) is 0 Å². The van der Waals surface area contributed by atoms with Gasteiger partial charge < -0.3 is 10.4 Å². The van der Waals surface area contributed by atoms with Crippen LogP contribution >= 0.6 is 0 Å². The SMILES string of the molecule is Cc1cc(C)n2nc(C(=O)NCC3(CCO)CC3)nc2n1. The molecule has 1 amide bonds. The second kappa shape index (κ2) is 5.07. The maximum absolute atomic E-state index is 12.1. The summed E-state index contributed by atoms with van der Waals surface area (Å²) in [6, 6.07) is 1.89. The predicted octanol–water partition coefficient (Wildman–Crippen LogP) is 0.634. The number of nitrogens with zero attached hydrogens (tertiary/aromatic N) is 4. The van der Waals surface area contributed by atoms with Crippen molar-refractivity contribution in [1.82, 2.24) is 24.9 Å². The van der Waals surface area contributed by atoms with E-state index in [1.54, 1.807) is 4.52 Å². The number of aryl methyl sites for hydroxylation is 2. The first-order chi connectivity index (χ1) is 10.0. The molecule has 0 aliphatic heterocycles. The molecule has 1 aliphatic rings. The molecule has 2 N–H and O–H groups in total. The monoisotopic (exact) mass is 289 g/mol. The molecule has 1 saturated carbocycles. The van der Waals surface area contributed by atoms with E-state index in [1.165, 1.54) is 0 Å². The quantitative estimate of drug-likeness (QED) is 0.842. The van der Waals surface area contributed by atoms with Crippen LogP contribution < -0.4 is 5.32 Å². The summed E-state index contributed by atoms with van der Waals surface area (Å²) in [6.07, 6.45) is 2.82. The normalized spacial score (nSPS) is 16.1. The maximum Gasteiger partial charge on any atom is 0.291 e. The number of aromatic nitrogens is 4. The number of carbonyl (C=O) groups excluding carboxylic acids is 1. The fraction of sp³-hybridized carbons (Fsp3) is 0.571. The third kappa shape index (κ3) is 2.73. The fourth-order valence-electron chi connectivity index (χ4n) is 2.54. The van der Waals surface area contributed by atoms with Gasteiger partial charge in [-0.25, -0.2) is 9.50 Å². The van der Waals surface area contributed by atoms with Crippen molar-refractivity contribution in [2.45, 2.75) is 33.1 Å². The molecule has 0 bridgehead atoms. The third-order valence-electron chi connectivity index (χ3n) is 4.04. The van der Waals surface area contributed by atoms with Crippen LogP contribution in [-0.4, -0.2) is 43.7 Å². The van der Waals surface area contributed by atoms with Gasteiger partial charge in [0.15, 0.2) is 0 Å². The molecule has 2 heterocycles. The summed E-state index contributed by atoms with van der Waals surface area (Å²) >= 11 is 0. The van der Waals surface area contributed by atoms with Crippen LogP contribution in [0.4, 0.5) is 0 Å². The first-order valence-electron chi connectivity index (χ1n) is 7.13. The lowest BCUT2D eigenvalue weighted by molar-refractivity contribution is 0.0930. The highest BCUT2D eigenvalue weighted by atomic mass is 16.3. The Bertz CT molecular complexity index is 690. The molecule has 2 aromatic rings. The van der Waals surface area contributed by atoms with E-state index in [0.29, 0.717) is 12.3 Å². The number of carbonyl (C=O) groups is 1. The van der Waals surface area contributed by atoms with Gasteiger partial charge >= 0.3 is 0 Å². The molecule has 0 aromatic carbocycles. The molecule has 3 rings (SSSR count). The van der Waals surface area contributed by atoms with E-state index in [1.807, 2.05) is 19.9 Å². The summed E-state index contributed by atoms with van der Waals surface area (Å²) in [7, 11) is 0. The van der Waals surface area contributed by atoms with Crippen molar-refractivity contribution < 1.29 is 9.90 Å². The van der Waals surface area contributed by atoms with Crippen molar-refractivity contribution in [3.8, 4) is 0 Å². The van der Waals surface area contributed by atoms with Crippen LogP contribution in [0.3, 0.4) is 0 Å². The van der Waals surface area contributed by atoms with Gasteiger partial charge in [0.2, 0.25) is 5.82 Å². The summed E-state index contributed by atoms with van der Waals surface area (Å²) in [5.41, 5.74) is 1.82. The van der Waals surface area contributed by atoms with Crippen LogP contribution in [0.1, 0.15) is 41.3 Å². The Balaban J connectivity index is 1.74. The van der Waals surface area contributed by atoms with Gasteiger partial charge in [-0.1, -0.05) is 0 Å². The number of amides is 1. The van der Waals surface area contributed by atoms with E-state index < -0.39 is 0 Å². The largest absolute Gasteiger partial charge is 0.396 e. The van der Waals surface area contributed by atoms with Crippen molar-refractivity contribution >= 4 is 11.7 Å². The van der Waals surface area contributed by atoms with E-state index in [2.05, 4.69) is 20.4 Å². The summed E-state index contributed by atoms with van der Waals surface area (Å²) in [5, 5.41) is 16.1. The number of nitrogens with one attached hydrogen (secondary N) is 1. The number of fused-ring (bicyclic) bond motifs is 1. The van der Waals surface area contributed by atoms with Gasteiger partial charge in [0.05, 0.1) is 0 Å². The second-order valence-electron chi connectivity index (χ2n) is 5.84. The first-order valence-corrected chi connectivity index (χ1v) is 7.13. The summed E-state index contributed by atoms with van der Waals surface area (Å²) in [6.45, 7) is 4.50. The molecule has 112 valence electrons. The maximum atomic E-state index is 12.1. The topological polar surface area (TPSA) is 92.4 Å². The van der Waals surface area contributed by atoms with Crippen LogP contribution in [-0.2, 0) is 0 Å². The van der Waals surface area contributed by atoms with E-state index >= 15 is 0 Å². The van der Waals surface area contributed by atoms with E-state index in [4.69, 9.17) is 5.11 Å². The van der Waals surface area contributed by atoms with E-state index in [0.717, 1.165) is 30.7 Å². The minimum atomic E-state index is -0.290. The van der Waals surface area contributed by atoms with Gasteiger partial charge in [0.1, 0.15) is 0 Å². The molecule has 0 spiro atoms. The average molecular weight is 289 g/mol. The Hall–Kier alpha value is -2.02. The van der Waals surface area contributed by atoms with Crippen molar-refractivity contribution in [2.24, 2.45) is 5.41 Å². The molecule has 0 atom stereocenters. The number of rotatable bonds is 5. The minimum Gasteiger partial charge on any atom is -0.396 e. The van der Waals surface area contributed by atoms with E-state index in [-0.39, 0.29) is 23.8 Å². The Morgan fingerprint density at radius 3 is 2.86 bits per heavy atom. The number of hydrogen-bond acceptors (Lipinski definition) is 5. The van der Waals surface area contributed by atoms with Gasteiger partial charge in [-0.15, -0.1) is 5.10 Å². The summed E-state index contributed by atoms with van der Waals surface area (Å²) < 4.78 is 1.57. The Morgan fingerprint density at radius 2 is 2.19 bits per heavy atom. The zero-order valence-electron chi connectivity index (χ0n) is 12.3. The lowest BCUT2D eigenvalue weighted by Gasteiger charge is -2.13. The second-order valence-corrected chi connectivity index (χ2v) is 5.84.